The average Bonchev–Trinajstić information content (AvgIpc) is 3.25. The number of hydrogen-bond acceptors (Lipinski definition) is 5. The first-order valence-corrected chi connectivity index (χ1v) is 9.29. The maximum Gasteiger partial charge on any atom is 0.259 e. The predicted octanol–water partition coefficient (Wildman–Crippen LogP) is 3.74. The van der Waals surface area contributed by atoms with Gasteiger partial charge >= 0.3 is 0 Å². The minimum absolute atomic E-state index is 0.199. The molecule has 0 bridgehead atoms. The average molecular weight is 374 g/mol. The minimum atomic E-state index is -0.442. The summed E-state index contributed by atoms with van der Waals surface area (Å²) in [6.45, 7) is 4.41. The van der Waals surface area contributed by atoms with Crippen LogP contribution in [0.4, 0.5) is 10.7 Å². The molecule has 138 valence electrons. The van der Waals surface area contributed by atoms with Crippen molar-refractivity contribution in [2.45, 2.75) is 32.8 Å². The smallest absolute Gasteiger partial charge is 0.259 e. The highest BCUT2D eigenvalue weighted by atomic mass is 32.1. The molecule has 2 heterocycles. The highest BCUT2D eigenvalue weighted by Crippen LogP contribution is 2.34. The first kappa shape index (κ1) is 18.4. The Hall–Kier alpha value is -2.38. The third-order valence-electron chi connectivity index (χ3n) is 4.43. The molecule has 1 aliphatic rings. The zero-order chi connectivity index (χ0) is 18.7. The Kier molecular flexibility index (Phi) is 5.58. The van der Waals surface area contributed by atoms with E-state index in [1.165, 1.54) is 11.3 Å². The van der Waals surface area contributed by atoms with Crippen molar-refractivity contribution >= 4 is 33.8 Å². The van der Waals surface area contributed by atoms with Crippen LogP contribution in [0.2, 0.25) is 0 Å². The zero-order valence-electron chi connectivity index (χ0n) is 15.0. The number of thiophene rings is 1. The van der Waals surface area contributed by atoms with E-state index in [1.54, 1.807) is 19.2 Å². The van der Waals surface area contributed by atoms with Crippen LogP contribution in [-0.2, 0) is 9.53 Å². The Morgan fingerprint density at radius 1 is 1.23 bits per heavy atom. The lowest BCUT2D eigenvalue weighted by molar-refractivity contribution is -0.124. The Morgan fingerprint density at radius 2 is 2.00 bits per heavy atom. The highest BCUT2D eigenvalue weighted by Gasteiger charge is 2.27. The molecule has 0 aliphatic carbocycles. The van der Waals surface area contributed by atoms with Crippen molar-refractivity contribution in [3.8, 4) is 5.75 Å². The van der Waals surface area contributed by atoms with Crippen LogP contribution in [0.25, 0.3) is 0 Å². The van der Waals surface area contributed by atoms with Crippen LogP contribution in [0.1, 0.15) is 33.6 Å². The van der Waals surface area contributed by atoms with Gasteiger partial charge in [-0.05, 0) is 44.4 Å². The second kappa shape index (κ2) is 7.88. The third kappa shape index (κ3) is 3.73. The number of rotatable bonds is 5. The van der Waals surface area contributed by atoms with Crippen molar-refractivity contribution in [3.63, 3.8) is 0 Å². The fourth-order valence-corrected chi connectivity index (χ4v) is 3.96. The van der Waals surface area contributed by atoms with Gasteiger partial charge in [0, 0.05) is 11.5 Å². The number of aryl methyl sites for hydroxylation is 1. The molecule has 1 fully saturated rings. The normalized spacial score (nSPS) is 16.3. The summed E-state index contributed by atoms with van der Waals surface area (Å²) in [5, 5.41) is 6.30. The monoisotopic (exact) mass is 374 g/mol. The Labute approximate surface area is 156 Å². The molecule has 1 saturated heterocycles. The Bertz CT molecular complexity index is 825. The van der Waals surface area contributed by atoms with E-state index in [4.69, 9.17) is 9.47 Å². The molecule has 0 unspecified atom stereocenters. The third-order valence-corrected chi connectivity index (χ3v) is 5.55. The number of nitrogens with one attached hydrogen (secondary N) is 2. The van der Waals surface area contributed by atoms with Crippen molar-refractivity contribution in [2.75, 3.05) is 24.4 Å². The second-order valence-corrected chi connectivity index (χ2v) is 7.36. The summed E-state index contributed by atoms with van der Waals surface area (Å²) < 4.78 is 10.7. The summed E-state index contributed by atoms with van der Waals surface area (Å²) in [6, 6.07) is 7.21. The van der Waals surface area contributed by atoms with Gasteiger partial charge in [-0.2, -0.15) is 0 Å². The van der Waals surface area contributed by atoms with Crippen LogP contribution in [0, 0.1) is 13.8 Å². The van der Waals surface area contributed by atoms with Crippen LogP contribution < -0.4 is 15.4 Å². The summed E-state index contributed by atoms with van der Waals surface area (Å²) >= 11 is 1.40. The molecule has 1 atom stereocenters. The fraction of sp³-hybridized carbons (Fsp3) is 0.368. The molecule has 6 nitrogen and oxygen atoms in total. The Balaban J connectivity index is 1.84. The van der Waals surface area contributed by atoms with Crippen molar-refractivity contribution in [1.82, 2.24) is 0 Å². The van der Waals surface area contributed by atoms with Gasteiger partial charge in [0.1, 0.15) is 16.9 Å². The molecule has 7 heteroatoms. The molecule has 2 amide bonds. The number of hydrogen-bond donors (Lipinski definition) is 2. The molecule has 26 heavy (non-hydrogen) atoms. The van der Waals surface area contributed by atoms with E-state index in [9.17, 15) is 9.59 Å². The highest BCUT2D eigenvalue weighted by molar-refractivity contribution is 7.16. The van der Waals surface area contributed by atoms with E-state index in [0.717, 1.165) is 16.9 Å². The number of carbonyl (C=O) groups is 2. The maximum atomic E-state index is 12.9. The first-order chi connectivity index (χ1) is 12.5. The molecule has 0 spiro atoms. The second-order valence-electron chi connectivity index (χ2n) is 6.13. The number of amides is 2. The summed E-state index contributed by atoms with van der Waals surface area (Å²) in [5.41, 5.74) is 1.91. The summed E-state index contributed by atoms with van der Waals surface area (Å²) in [4.78, 5) is 26.3. The van der Waals surface area contributed by atoms with Gasteiger partial charge in [-0.25, -0.2) is 0 Å². The van der Waals surface area contributed by atoms with Gasteiger partial charge in [-0.3, -0.25) is 9.59 Å². The maximum absolute atomic E-state index is 12.9. The van der Waals surface area contributed by atoms with Crippen molar-refractivity contribution < 1.29 is 19.1 Å². The lowest BCUT2D eigenvalue weighted by Gasteiger charge is -2.13. The van der Waals surface area contributed by atoms with Crippen LogP contribution in [0.15, 0.2) is 24.3 Å². The predicted molar refractivity (Wildman–Crippen MR) is 102 cm³/mol. The van der Waals surface area contributed by atoms with E-state index in [-0.39, 0.29) is 11.8 Å². The molecule has 1 aromatic carbocycles. The first-order valence-electron chi connectivity index (χ1n) is 8.48. The molecule has 2 N–H and O–H groups in total. The molecule has 0 radical (unpaired) electrons. The SMILES string of the molecule is COc1ccccc1NC(=O)c1c(NC(=O)[C@H]2CCCO2)sc(C)c1C. The van der Waals surface area contributed by atoms with Gasteiger partial charge in [0.25, 0.3) is 11.8 Å². The van der Waals surface area contributed by atoms with Crippen LogP contribution >= 0.6 is 11.3 Å². The van der Waals surface area contributed by atoms with Gasteiger partial charge in [0.15, 0.2) is 0 Å². The van der Waals surface area contributed by atoms with Crippen molar-refractivity contribution in [1.29, 1.82) is 0 Å². The quantitative estimate of drug-likeness (QED) is 0.836. The largest absolute Gasteiger partial charge is 0.495 e. The van der Waals surface area contributed by atoms with E-state index < -0.39 is 6.10 Å². The summed E-state index contributed by atoms with van der Waals surface area (Å²) in [6.07, 6.45) is 1.14. The van der Waals surface area contributed by atoms with E-state index in [2.05, 4.69) is 10.6 Å². The number of methoxy groups -OCH3 is 1. The molecule has 1 aliphatic heterocycles. The van der Waals surface area contributed by atoms with E-state index in [1.807, 2.05) is 26.0 Å². The zero-order valence-corrected chi connectivity index (χ0v) is 15.9. The number of ether oxygens (including phenoxy) is 2. The van der Waals surface area contributed by atoms with Crippen molar-refractivity contribution in [3.05, 3.63) is 40.3 Å². The lowest BCUT2D eigenvalue weighted by atomic mass is 10.1. The van der Waals surface area contributed by atoms with E-state index >= 15 is 0 Å². The fourth-order valence-electron chi connectivity index (χ4n) is 2.90. The van der Waals surface area contributed by atoms with Gasteiger partial charge in [-0.1, -0.05) is 12.1 Å². The van der Waals surface area contributed by atoms with Crippen LogP contribution in [-0.4, -0.2) is 31.6 Å². The standard InChI is InChI=1S/C19H22N2O4S/c1-11-12(2)26-19(21-17(22)15-9-6-10-25-15)16(11)18(23)20-13-7-4-5-8-14(13)24-3/h4-5,7-8,15H,6,9-10H2,1-3H3,(H,20,23)(H,21,22)/t15-/m1/s1. The van der Waals surface area contributed by atoms with Gasteiger partial charge in [-0.15, -0.1) is 11.3 Å². The van der Waals surface area contributed by atoms with Gasteiger partial charge in [0.05, 0.1) is 18.4 Å². The molecular formula is C19H22N2O4S. The summed E-state index contributed by atoms with van der Waals surface area (Å²) in [7, 11) is 1.55. The molecule has 0 saturated carbocycles. The van der Waals surface area contributed by atoms with Gasteiger partial charge in [0.2, 0.25) is 0 Å². The number of benzene rings is 1. The van der Waals surface area contributed by atoms with Crippen LogP contribution in [0.3, 0.4) is 0 Å². The number of carbonyl (C=O) groups excluding carboxylic acids is 2. The topological polar surface area (TPSA) is 76.7 Å². The minimum Gasteiger partial charge on any atom is -0.495 e. The Morgan fingerprint density at radius 3 is 2.69 bits per heavy atom. The molecular weight excluding hydrogens is 352 g/mol. The van der Waals surface area contributed by atoms with Crippen LogP contribution in [0.5, 0.6) is 5.75 Å². The number of para-hydroxylation sites is 2. The lowest BCUT2D eigenvalue weighted by Crippen LogP contribution is -2.27. The van der Waals surface area contributed by atoms with Crippen molar-refractivity contribution in [2.24, 2.45) is 0 Å². The van der Waals surface area contributed by atoms with Gasteiger partial charge < -0.3 is 20.1 Å². The molecule has 3 rings (SSSR count). The number of anilines is 2. The van der Waals surface area contributed by atoms with E-state index in [0.29, 0.717) is 35.0 Å². The molecule has 1 aromatic heterocycles. The summed E-state index contributed by atoms with van der Waals surface area (Å²) in [5.74, 6) is 0.101. The molecule has 2 aromatic rings.